The zero-order valence-electron chi connectivity index (χ0n) is 12.4. The van der Waals surface area contributed by atoms with Crippen molar-refractivity contribution in [2.45, 2.75) is 25.8 Å². The smallest absolute Gasteiger partial charge is 0.251 e. The maximum absolute atomic E-state index is 12.0. The van der Waals surface area contributed by atoms with E-state index in [0.29, 0.717) is 18.7 Å². The molecule has 0 aliphatic rings. The van der Waals surface area contributed by atoms with Gasteiger partial charge in [0.15, 0.2) is 0 Å². The average Bonchev–Trinajstić information content (AvgIpc) is 2.37. The highest BCUT2D eigenvalue weighted by molar-refractivity contribution is 5.94. The second kappa shape index (κ2) is 6.68. The second-order valence-corrected chi connectivity index (χ2v) is 5.63. The Morgan fingerprint density at radius 3 is 2.32 bits per heavy atom. The van der Waals surface area contributed by atoms with Crippen molar-refractivity contribution in [3.8, 4) is 0 Å². The van der Waals surface area contributed by atoms with E-state index in [-0.39, 0.29) is 11.4 Å². The molecule has 1 aromatic carbocycles. The molecule has 1 amide bonds. The minimum atomic E-state index is -0.0604. The standard InChI is InChI=1S/C15H25N3O/c1-15(2,18(3)4)11-17-14(19)13-7-5-12(6-8-13)9-10-16/h5-8H,9-11,16H2,1-4H3,(H,17,19). The molecule has 4 nitrogen and oxygen atoms in total. The van der Waals surface area contributed by atoms with Crippen molar-refractivity contribution >= 4 is 5.91 Å². The predicted octanol–water partition coefficient (Wildman–Crippen LogP) is 1.26. The zero-order valence-corrected chi connectivity index (χ0v) is 12.4. The molecule has 0 bridgehead atoms. The summed E-state index contributed by atoms with van der Waals surface area (Å²) < 4.78 is 0. The first kappa shape index (κ1) is 15.7. The second-order valence-electron chi connectivity index (χ2n) is 5.63. The number of nitrogens with one attached hydrogen (secondary N) is 1. The molecule has 0 heterocycles. The monoisotopic (exact) mass is 263 g/mol. The molecule has 0 unspecified atom stereocenters. The van der Waals surface area contributed by atoms with Crippen LogP contribution in [0.15, 0.2) is 24.3 Å². The molecule has 0 radical (unpaired) electrons. The fourth-order valence-corrected chi connectivity index (χ4v) is 1.55. The minimum Gasteiger partial charge on any atom is -0.350 e. The van der Waals surface area contributed by atoms with E-state index in [9.17, 15) is 4.79 Å². The van der Waals surface area contributed by atoms with Crippen molar-refractivity contribution in [3.05, 3.63) is 35.4 Å². The third-order valence-corrected chi connectivity index (χ3v) is 3.54. The number of carbonyl (C=O) groups is 1. The number of benzene rings is 1. The summed E-state index contributed by atoms with van der Waals surface area (Å²) in [5, 5.41) is 2.97. The van der Waals surface area contributed by atoms with Crippen LogP contribution in [0.3, 0.4) is 0 Å². The predicted molar refractivity (Wildman–Crippen MR) is 79.3 cm³/mol. The summed E-state index contributed by atoms with van der Waals surface area (Å²) in [4.78, 5) is 14.1. The summed E-state index contributed by atoms with van der Waals surface area (Å²) in [6.07, 6.45) is 0.843. The first-order valence-corrected chi connectivity index (χ1v) is 6.61. The summed E-state index contributed by atoms with van der Waals surface area (Å²) in [6.45, 7) is 5.43. The summed E-state index contributed by atoms with van der Waals surface area (Å²) >= 11 is 0. The van der Waals surface area contributed by atoms with Crippen molar-refractivity contribution in [2.75, 3.05) is 27.2 Å². The van der Waals surface area contributed by atoms with Crippen LogP contribution >= 0.6 is 0 Å². The SMILES string of the molecule is CN(C)C(C)(C)CNC(=O)c1ccc(CCN)cc1. The first-order valence-electron chi connectivity index (χ1n) is 6.61. The molecule has 0 aliphatic carbocycles. The Hall–Kier alpha value is -1.39. The van der Waals surface area contributed by atoms with Crippen LogP contribution in [0.2, 0.25) is 0 Å². The fourth-order valence-electron chi connectivity index (χ4n) is 1.55. The van der Waals surface area contributed by atoms with Gasteiger partial charge in [0.1, 0.15) is 0 Å². The molecule has 3 N–H and O–H groups in total. The number of nitrogens with two attached hydrogens (primary N) is 1. The van der Waals surface area contributed by atoms with Crippen LogP contribution in [-0.4, -0.2) is 43.5 Å². The van der Waals surface area contributed by atoms with Crippen LogP contribution < -0.4 is 11.1 Å². The van der Waals surface area contributed by atoms with Gasteiger partial charge in [0.25, 0.3) is 5.91 Å². The van der Waals surface area contributed by atoms with Gasteiger partial charge in [0.2, 0.25) is 0 Å². The normalized spacial score (nSPS) is 11.7. The van der Waals surface area contributed by atoms with Crippen LogP contribution in [0, 0.1) is 0 Å². The van der Waals surface area contributed by atoms with E-state index >= 15 is 0 Å². The van der Waals surface area contributed by atoms with Crippen LogP contribution in [0.4, 0.5) is 0 Å². The van der Waals surface area contributed by atoms with E-state index in [2.05, 4.69) is 24.1 Å². The van der Waals surface area contributed by atoms with Gasteiger partial charge in [-0.1, -0.05) is 12.1 Å². The van der Waals surface area contributed by atoms with Gasteiger partial charge in [-0.05, 0) is 58.6 Å². The van der Waals surface area contributed by atoms with E-state index in [1.54, 1.807) is 0 Å². The third-order valence-electron chi connectivity index (χ3n) is 3.54. The highest BCUT2D eigenvalue weighted by Crippen LogP contribution is 2.09. The van der Waals surface area contributed by atoms with Crippen LogP contribution in [0.25, 0.3) is 0 Å². The van der Waals surface area contributed by atoms with Crippen molar-refractivity contribution in [1.29, 1.82) is 0 Å². The molecule has 19 heavy (non-hydrogen) atoms. The molecule has 1 aromatic rings. The topological polar surface area (TPSA) is 58.4 Å². The summed E-state index contributed by atoms with van der Waals surface area (Å²) in [5.41, 5.74) is 7.29. The maximum Gasteiger partial charge on any atom is 0.251 e. The molecule has 1 rings (SSSR count). The number of amides is 1. The molecule has 0 saturated heterocycles. The number of rotatable bonds is 6. The average molecular weight is 263 g/mol. The Morgan fingerprint density at radius 2 is 1.84 bits per heavy atom. The van der Waals surface area contributed by atoms with Gasteiger partial charge < -0.3 is 16.0 Å². The lowest BCUT2D eigenvalue weighted by Gasteiger charge is -2.32. The maximum atomic E-state index is 12.0. The fraction of sp³-hybridized carbons (Fsp3) is 0.533. The molecule has 0 spiro atoms. The van der Waals surface area contributed by atoms with Crippen LogP contribution in [0.1, 0.15) is 29.8 Å². The number of hydrogen-bond acceptors (Lipinski definition) is 3. The molecule has 0 aliphatic heterocycles. The van der Waals surface area contributed by atoms with E-state index in [4.69, 9.17) is 5.73 Å². The summed E-state index contributed by atoms with van der Waals surface area (Å²) in [6, 6.07) is 7.61. The van der Waals surface area contributed by atoms with Gasteiger partial charge in [0.05, 0.1) is 0 Å². The summed E-state index contributed by atoms with van der Waals surface area (Å²) in [5.74, 6) is -0.0331. The third kappa shape index (κ3) is 4.65. The van der Waals surface area contributed by atoms with Crippen LogP contribution in [0.5, 0.6) is 0 Å². The number of hydrogen-bond donors (Lipinski definition) is 2. The Bertz CT molecular complexity index is 410. The molecular formula is C15H25N3O. The Balaban J connectivity index is 2.59. The quantitative estimate of drug-likeness (QED) is 0.812. The zero-order chi connectivity index (χ0) is 14.5. The van der Waals surface area contributed by atoms with Crippen molar-refractivity contribution in [1.82, 2.24) is 10.2 Å². The van der Waals surface area contributed by atoms with Gasteiger partial charge in [-0.2, -0.15) is 0 Å². The number of likely N-dealkylation sites (N-methyl/N-ethyl adjacent to an activating group) is 1. The molecule has 106 valence electrons. The minimum absolute atomic E-state index is 0.0331. The first-order chi connectivity index (χ1) is 8.86. The largest absolute Gasteiger partial charge is 0.350 e. The lowest BCUT2D eigenvalue weighted by atomic mass is 10.0. The molecule has 4 heteroatoms. The Labute approximate surface area is 116 Å². The molecular weight excluding hydrogens is 238 g/mol. The van der Waals surface area contributed by atoms with Gasteiger partial charge in [-0.15, -0.1) is 0 Å². The van der Waals surface area contributed by atoms with E-state index in [1.807, 2.05) is 38.4 Å². The van der Waals surface area contributed by atoms with Crippen molar-refractivity contribution in [2.24, 2.45) is 5.73 Å². The lowest BCUT2D eigenvalue weighted by Crippen LogP contribution is -2.48. The summed E-state index contributed by atoms with van der Waals surface area (Å²) in [7, 11) is 4.02. The van der Waals surface area contributed by atoms with E-state index in [0.717, 1.165) is 12.0 Å². The van der Waals surface area contributed by atoms with E-state index < -0.39 is 0 Å². The molecule has 0 fully saturated rings. The molecule has 0 saturated carbocycles. The van der Waals surface area contributed by atoms with Gasteiger partial charge >= 0.3 is 0 Å². The lowest BCUT2D eigenvalue weighted by molar-refractivity contribution is 0.0919. The van der Waals surface area contributed by atoms with Gasteiger partial charge in [-0.25, -0.2) is 0 Å². The van der Waals surface area contributed by atoms with Gasteiger partial charge in [-0.3, -0.25) is 4.79 Å². The number of carbonyl (C=O) groups excluding carboxylic acids is 1. The highest BCUT2D eigenvalue weighted by atomic mass is 16.1. The number of nitrogens with zero attached hydrogens (tertiary/aromatic N) is 1. The van der Waals surface area contributed by atoms with Crippen LogP contribution in [-0.2, 0) is 6.42 Å². The Morgan fingerprint density at radius 1 is 1.26 bits per heavy atom. The Kier molecular flexibility index (Phi) is 5.51. The van der Waals surface area contributed by atoms with Crippen molar-refractivity contribution < 1.29 is 4.79 Å². The molecule has 0 aromatic heterocycles. The van der Waals surface area contributed by atoms with E-state index in [1.165, 1.54) is 0 Å². The van der Waals surface area contributed by atoms with Crippen molar-refractivity contribution in [3.63, 3.8) is 0 Å². The highest BCUT2D eigenvalue weighted by Gasteiger charge is 2.21. The van der Waals surface area contributed by atoms with Gasteiger partial charge in [0, 0.05) is 17.6 Å². The molecule has 0 atom stereocenters.